The van der Waals surface area contributed by atoms with Crippen LogP contribution in [-0.4, -0.2) is 37.0 Å². The van der Waals surface area contributed by atoms with Crippen molar-refractivity contribution in [1.29, 1.82) is 0 Å². The molecule has 0 aliphatic rings. The van der Waals surface area contributed by atoms with Gasteiger partial charge < -0.3 is 15.2 Å². The van der Waals surface area contributed by atoms with E-state index in [4.69, 9.17) is 9.84 Å². The van der Waals surface area contributed by atoms with E-state index >= 15 is 0 Å². The van der Waals surface area contributed by atoms with Crippen LogP contribution in [0.2, 0.25) is 0 Å². The normalized spacial score (nSPS) is 14.4. The zero-order valence-corrected chi connectivity index (χ0v) is 11.5. The van der Waals surface area contributed by atoms with Gasteiger partial charge in [0.1, 0.15) is 0 Å². The summed E-state index contributed by atoms with van der Waals surface area (Å²) in [5.74, 6) is 0. The molecule has 0 spiro atoms. The average molecular weight is 231 g/mol. The maximum atomic E-state index is 9.14. The third-order valence-corrected chi connectivity index (χ3v) is 2.40. The van der Waals surface area contributed by atoms with E-state index in [1.165, 1.54) is 0 Å². The van der Waals surface area contributed by atoms with Gasteiger partial charge in [-0.1, -0.05) is 34.6 Å². The molecular formula is C13H29NO2. The second-order valence-electron chi connectivity index (χ2n) is 5.91. The minimum Gasteiger partial charge on any atom is -0.395 e. The fourth-order valence-electron chi connectivity index (χ4n) is 1.40. The third-order valence-electron chi connectivity index (χ3n) is 2.40. The molecule has 0 aromatic heterocycles. The Morgan fingerprint density at radius 2 is 1.81 bits per heavy atom. The number of aliphatic hydroxyl groups is 1. The highest BCUT2D eigenvalue weighted by atomic mass is 16.5. The lowest BCUT2D eigenvalue weighted by Gasteiger charge is -2.20. The molecule has 1 unspecified atom stereocenters. The summed E-state index contributed by atoms with van der Waals surface area (Å²) in [4.78, 5) is 0. The Bertz CT molecular complexity index is 164. The van der Waals surface area contributed by atoms with Crippen molar-refractivity contribution in [3.05, 3.63) is 0 Å². The summed E-state index contributed by atoms with van der Waals surface area (Å²) in [5, 5.41) is 12.4. The molecule has 98 valence electrons. The lowest BCUT2D eigenvalue weighted by atomic mass is 9.93. The van der Waals surface area contributed by atoms with Crippen molar-refractivity contribution >= 4 is 0 Å². The first-order valence-corrected chi connectivity index (χ1v) is 6.30. The SMILES string of the molecule is CC(C)NC(CO)CCOCCC(C)(C)C. The van der Waals surface area contributed by atoms with Crippen LogP contribution >= 0.6 is 0 Å². The molecule has 3 heteroatoms. The summed E-state index contributed by atoms with van der Waals surface area (Å²) in [7, 11) is 0. The summed E-state index contributed by atoms with van der Waals surface area (Å²) in [5.41, 5.74) is 0.340. The van der Waals surface area contributed by atoms with E-state index in [2.05, 4.69) is 39.9 Å². The van der Waals surface area contributed by atoms with E-state index in [0.29, 0.717) is 11.5 Å². The molecule has 0 heterocycles. The van der Waals surface area contributed by atoms with Crippen molar-refractivity contribution in [2.45, 2.75) is 59.5 Å². The van der Waals surface area contributed by atoms with Crippen LogP contribution in [0.1, 0.15) is 47.5 Å². The van der Waals surface area contributed by atoms with Crippen LogP contribution in [0, 0.1) is 5.41 Å². The van der Waals surface area contributed by atoms with Gasteiger partial charge in [-0.3, -0.25) is 0 Å². The molecule has 0 bridgehead atoms. The number of aliphatic hydroxyl groups excluding tert-OH is 1. The van der Waals surface area contributed by atoms with E-state index in [1.807, 2.05) is 0 Å². The molecule has 3 nitrogen and oxygen atoms in total. The maximum absolute atomic E-state index is 9.14. The van der Waals surface area contributed by atoms with Gasteiger partial charge in [0.25, 0.3) is 0 Å². The van der Waals surface area contributed by atoms with Crippen molar-refractivity contribution in [2.75, 3.05) is 19.8 Å². The van der Waals surface area contributed by atoms with Gasteiger partial charge in [-0.15, -0.1) is 0 Å². The molecule has 0 radical (unpaired) electrons. The highest BCUT2D eigenvalue weighted by Crippen LogP contribution is 2.17. The number of rotatable bonds is 8. The minimum absolute atomic E-state index is 0.162. The summed E-state index contributed by atoms with van der Waals surface area (Å²) in [6, 6.07) is 0.571. The Labute approximate surface area is 101 Å². The zero-order chi connectivity index (χ0) is 12.6. The summed E-state index contributed by atoms with van der Waals surface area (Å²) in [6.45, 7) is 12.5. The molecule has 0 aliphatic carbocycles. The first-order chi connectivity index (χ1) is 7.35. The molecular weight excluding hydrogens is 202 g/mol. The first-order valence-electron chi connectivity index (χ1n) is 6.30. The third kappa shape index (κ3) is 10.4. The van der Waals surface area contributed by atoms with Crippen LogP contribution in [0.4, 0.5) is 0 Å². The quantitative estimate of drug-likeness (QED) is 0.629. The van der Waals surface area contributed by atoms with Gasteiger partial charge in [-0.2, -0.15) is 0 Å². The fourth-order valence-corrected chi connectivity index (χ4v) is 1.40. The molecule has 1 atom stereocenters. The van der Waals surface area contributed by atoms with Crippen molar-refractivity contribution in [3.63, 3.8) is 0 Å². The molecule has 2 N–H and O–H groups in total. The van der Waals surface area contributed by atoms with Crippen molar-refractivity contribution < 1.29 is 9.84 Å². The van der Waals surface area contributed by atoms with Crippen LogP contribution in [0.15, 0.2) is 0 Å². The second-order valence-corrected chi connectivity index (χ2v) is 5.91. The molecule has 0 fully saturated rings. The monoisotopic (exact) mass is 231 g/mol. The standard InChI is InChI=1S/C13H29NO2/c1-11(2)14-12(10-15)6-8-16-9-7-13(3,4)5/h11-12,14-15H,6-10H2,1-5H3. The summed E-state index contributed by atoms with van der Waals surface area (Å²) >= 11 is 0. The highest BCUT2D eigenvalue weighted by Gasteiger charge is 2.11. The molecule has 0 saturated carbocycles. The van der Waals surface area contributed by atoms with E-state index in [-0.39, 0.29) is 12.6 Å². The minimum atomic E-state index is 0.162. The highest BCUT2D eigenvalue weighted by molar-refractivity contribution is 4.67. The predicted octanol–water partition coefficient (Wildman–Crippen LogP) is 2.19. The second kappa shape index (κ2) is 8.04. The number of hydrogen-bond acceptors (Lipinski definition) is 3. The molecule has 0 aromatic carbocycles. The molecule has 0 rings (SSSR count). The molecule has 0 aliphatic heterocycles. The van der Waals surface area contributed by atoms with E-state index < -0.39 is 0 Å². The maximum Gasteiger partial charge on any atom is 0.0585 e. The molecule has 0 amide bonds. The van der Waals surface area contributed by atoms with Gasteiger partial charge in [0.05, 0.1) is 6.61 Å². The lowest BCUT2D eigenvalue weighted by Crippen LogP contribution is -2.38. The fraction of sp³-hybridized carbons (Fsp3) is 1.00. The van der Waals surface area contributed by atoms with Crippen LogP contribution < -0.4 is 5.32 Å². The molecule has 16 heavy (non-hydrogen) atoms. The summed E-state index contributed by atoms with van der Waals surface area (Å²) in [6.07, 6.45) is 1.95. The van der Waals surface area contributed by atoms with Gasteiger partial charge in [-0.05, 0) is 18.3 Å². The van der Waals surface area contributed by atoms with E-state index in [0.717, 1.165) is 26.1 Å². The zero-order valence-electron chi connectivity index (χ0n) is 11.5. The first kappa shape index (κ1) is 15.9. The Morgan fingerprint density at radius 1 is 1.19 bits per heavy atom. The number of nitrogens with one attached hydrogen (secondary N) is 1. The number of hydrogen-bond donors (Lipinski definition) is 2. The Kier molecular flexibility index (Phi) is 7.98. The topological polar surface area (TPSA) is 41.5 Å². The van der Waals surface area contributed by atoms with Crippen LogP contribution in [-0.2, 0) is 4.74 Å². The average Bonchev–Trinajstić information content (AvgIpc) is 2.13. The van der Waals surface area contributed by atoms with Gasteiger partial charge in [0.15, 0.2) is 0 Å². The Balaban J connectivity index is 3.48. The van der Waals surface area contributed by atoms with Crippen molar-refractivity contribution in [1.82, 2.24) is 5.32 Å². The van der Waals surface area contributed by atoms with Gasteiger partial charge in [0.2, 0.25) is 0 Å². The molecule has 0 aromatic rings. The van der Waals surface area contributed by atoms with E-state index in [9.17, 15) is 0 Å². The van der Waals surface area contributed by atoms with Gasteiger partial charge in [0, 0.05) is 25.3 Å². The van der Waals surface area contributed by atoms with E-state index in [1.54, 1.807) is 0 Å². The van der Waals surface area contributed by atoms with Crippen LogP contribution in [0.25, 0.3) is 0 Å². The van der Waals surface area contributed by atoms with Crippen molar-refractivity contribution in [3.8, 4) is 0 Å². The smallest absolute Gasteiger partial charge is 0.0585 e. The Hall–Kier alpha value is -0.120. The number of ether oxygens (including phenoxy) is 1. The van der Waals surface area contributed by atoms with Crippen molar-refractivity contribution in [2.24, 2.45) is 5.41 Å². The lowest BCUT2D eigenvalue weighted by molar-refractivity contribution is 0.0924. The molecule has 0 saturated heterocycles. The van der Waals surface area contributed by atoms with Crippen LogP contribution in [0.5, 0.6) is 0 Å². The summed E-state index contributed by atoms with van der Waals surface area (Å²) < 4.78 is 5.57. The largest absolute Gasteiger partial charge is 0.395 e. The van der Waals surface area contributed by atoms with Crippen LogP contribution in [0.3, 0.4) is 0 Å². The van der Waals surface area contributed by atoms with Gasteiger partial charge >= 0.3 is 0 Å². The predicted molar refractivity (Wildman–Crippen MR) is 68.7 cm³/mol. The van der Waals surface area contributed by atoms with Gasteiger partial charge in [-0.25, -0.2) is 0 Å². The Morgan fingerprint density at radius 3 is 2.25 bits per heavy atom.